The smallest absolute Gasteiger partial charge is 0.278 e. The van der Waals surface area contributed by atoms with Gasteiger partial charge in [-0.15, -0.1) is 0 Å². The fraction of sp³-hybridized carbons (Fsp3) is 0.364. The van der Waals surface area contributed by atoms with Crippen molar-refractivity contribution < 1.29 is 4.79 Å². The fourth-order valence-electron chi connectivity index (χ4n) is 3.78. The summed E-state index contributed by atoms with van der Waals surface area (Å²) < 4.78 is 1.17. The molecule has 2 aliphatic heterocycles. The molecule has 0 aliphatic carbocycles. The number of hydrogen-bond donors (Lipinski definition) is 0. The van der Waals surface area contributed by atoms with Crippen LogP contribution in [0.25, 0.3) is 0 Å². The summed E-state index contributed by atoms with van der Waals surface area (Å²) in [7, 11) is 0. The first-order chi connectivity index (χ1) is 13.0. The highest BCUT2D eigenvalue weighted by molar-refractivity contribution is 14.1. The molecule has 140 valence electrons. The Morgan fingerprint density at radius 2 is 1.89 bits per heavy atom. The SMILES string of the molecule is Cc1cc(I)ccc1N=C1C(=O)N(CN2CCC(C)CC2)c2ccccc21. The van der Waals surface area contributed by atoms with Crippen LogP contribution in [0.5, 0.6) is 0 Å². The van der Waals surface area contributed by atoms with Gasteiger partial charge in [0.25, 0.3) is 5.91 Å². The first kappa shape index (κ1) is 18.6. The Morgan fingerprint density at radius 1 is 1.15 bits per heavy atom. The predicted molar refractivity (Wildman–Crippen MR) is 119 cm³/mol. The average molecular weight is 473 g/mol. The second-order valence-electron chi connectivity index (χ2n) is 7.58. The van der Waals surface area contributed by atoms with Gasteiger partial charge in [0.05, 0.1) is 18.0 Å². The molecule has 2 aliphatic rings. The third-order valence-electron chi connectivity index (χ3n) is 5.51. The number of benzene rings is 2. The molecular formula is C22H24IN3O. The number of amides is 1. The standard InChI is InChI=1S/C22H24IN3O/c1-15-9-11-25(12-10-15)14-26-20-6-4-3-5-18(20)21(22(26)27)24-19-8-7-17(23)13-16(19)2/h3-8,13,15H,9-12,14H2,1-2H3. The quantitative estimate of drug-likeness (QED) is 0.603. The molecule has 0 unspecified atom stereocenters. The van der Waals surface area contributed by atoms with E-state index in [4.69, 9.17) is 4.99 Å². The molecule has 1 amide bonds. The van der Waals surface area contributed by atoms with Crippen LogP contribution in [0.15, 0.2) is 47.5 Å². The number of hydrogen-bond acceptors (Lipinski definition) is 3. The fourth-order valence-corrected chi connectivity index (χ4v) is 4.43. The number of fused-ring (bicyclic) bond motifs is 1. The van der Waals surface area contributed by atoms with Crippen LogP contribution in [-0.4, -0.2) is 36.3 Å². The normalized spacial score (nSPS) is 19.7. The number of aliphatic imine (C=N–C) groups is 1. The zero-order valence-electron chi connectivity index (χ0n) is 15.8. The highest BCUT2D eigenvalue weighted by Crippen LogP contribution is 2.32. The molecule has 0 spiro atoms. The Bertz CT molecular complexity index is 900. The minimum atomic E-state index is 0.00720. The van der Waals surface area contributed by atoms with Gasteiger partial charge in [0.1, 0.15) is 5.71 Å². The summed E-state index contributed by atoms with van der Waals surface area (Å²) in [6.45, 7) is 7.10. The molecule has 0 N–H and O–H groups in total. The van der Waals surface area contributed by atoms with Crippen LogP contribution < -0.4 is 4.90 Å². The third kappa shape index (κ3) is 3.80. The Balaban J connectivity index is 1.66. The third-order valence-corrected chi connectivity index (χ3v) is 6.18. The predicted octanol–water partition coefficient (Wildman–Crippen LogP) is 4.76. The van der Waals surface area contributed by atoms with E-state index in [1.807, 2.05) is 48.2 Å². The summed E-state index contributed by atoms with van der Waals surface area (Å²) in [6.07, 6.45) is 2.40. The second-order valence-corrected chi connectivity index (χ2v) is 8.83. The zero-order valence-corrected chi connectivity index (χ0v) is 17.9. The van der Waals surface area contributed by atoms with Crippen molar-refractivity contribution in [2.75, 3.05) is 24.7 Å². The number of anilines is 1. The molecule has 1 fully saturated rings. The summed E-state index contributed by atoms with van der Waals surface area (Å²) in [5.74, 6) is 0.788. The maximum Gasteiger partial charge on any atom is 0.278 e. The lowest BCUT2D eigenvalue weighted by molar-refractivity contribution is -0.112. The van der Waals surface area contributed by atoms with Crippen molar-refractivity contribution in [2.45, 2.75) is 26.7 Å². The van der Waals surface area contributed by atoms with Gasteiger partial charge in [0, 0.05) is 22.2 Å². The van der Waals surface area contributed by atoms with Crippen molar-refractivity contribution in [2.24, 2.45) is 10.9 Å². The molecule has 0 saturated carbocycles. The van der Waals surface area contributed by atoms with Crippen molar-refractivity contribution in [3.8, 4) is 0 Å². The topological polar surface area (TPSA) is 35.9 Å². The van der Waals surface area contributed by atoms with Gasteiger partial charge < -0.3 is 0 Å². The van der Waals surface area contributed by atoms with Crippen LogP contribution in [0.1, 0.15) is 30.9 Å². The lowest BCUT2D eigenvalue weighted by atomic mass is 10.00. The number of carbonyl (C=O) groups is 1. The summed E-state index contributed by atoms with van der Waals surface area (Å²) >= 11 is 2.30. The molecule has 0 atom stereocenters. The highest BCUT2D eigenvalue weighted by Gasteiger charge is 2.35. The molecule has 2 aromatic rings. The number of nitrogens with zero attached hydrogens (tertiary/aromatic N) is 3. The van der Waals surface area contributed by atoms with Crippen molar-refractivity contribution >= 4 is 45.6 Å². The Labute approximate surface area is 174 Å². The molecule has 0 bridgehead atoms. The van der Waals surface area contributed by atoms with E-state index in [9.17, 15) is 4.79 Å². The van der Waals surface area contributed by atoms with Crippen LogP contribution in [0.3, 0.4) is 0 Å². The van der Waals surface area contributed by atoms with Gasteiger partial charge in [0.15, 0.2) is 0 Å². The van der Waals surface area contributed by atoms with Crippen LogP contribution in [0, 0.1) is 16.4 Å². The maximum atomic E-state index is 13.3. The average Bonchev–Trinajstić information content (AvgIpc) is 2.91. The van der Waals surface area contributed by atoms with Crippen molar-refractivity contribution in [1.29, 1.82) is 0 Å². The van der Waals surface area contributed by atoms with E-state index in [2.05, 4.69) is 40.5 Å². The Kier molecular flexibility index (Phi) is 5.32. The summed E-state index contributed by atoms with van der Waals surface area (Å²) in [4.78, 5) is 22.3. The van der Waals surface area contributed by atoms with Crippen LogP contribution in [0.4, 0.5) is 11.4 Å². The molecule has 0 radical (unpaired) electrons. The number of carbonyl (C=O) groups excluding carboxylic acids is 1. The molecule has 27 heavy (non-hydrogen) atoms. The minimum absolute atomic E-state index is 0.00720. The summed E-state index contributed by atoms with van der Waals surface area (Å²) in [5, 5.41) is 0. The largest absolute Gasteiger partial charge is 0.293 e. The summed E-state index contributed by atoms with van der Waals surface area (Å²) in [5.41, 5.74) is 4.42. The van der Waals surface area contributed by atoms with Gasteiger partial charge in [-0.05, 0) is 78.1 Å². The monoisotopic (exact) mass is 473 g/mol. The van der Waals surface area contributed by atoms with Gasteiger partial charge >= 0.3 is 0 Å². The highest BCUT2D eigenvalue weighted by atomic mass is 127. The number of piperidine rings is 1. The molecule has 2 heterocycles. The van der Waals surface area contributed by atoms with Crippen LogP contribution in [0.2, 0.25) is 0 Å². The second kappa shape index (κ2) is 7.72. The number of rotatable bonds is 3. The molecule has 1 saturated heterocycles. The number of aryl methyl sites for hydroxylation is 1. The Morgan fingerprint density at radius 3 is 2.63 bits per heavy atom. The van der Waals surface area contributed by atoms with E-state index >= 15 is 0 Å². The van der Waals surface area contributed by atoms with Crippen LogP contribution in [-0.2, 0) is 4.79 Å². The van der Waals surface area contributed by atoms with Gasteiger partial charge in [-0.25, -0.2) is 4.99 Å². The molecule has 0 aromatic heterocycles. The molecule has 4 nitrogen and oxygen atoms in total. The van der Waals surface area contributed by atoms with E-state index in [1.54, 1.807) is 0 Å². The lowest BCUT2D eigenvalue weighted by Crippen LogP contribution is -2.44. The van der Waals surface area contributed by atoms with E-state index in [1.165, 1.54) is 16.4 Å². The molecule has 4 rings (SSSR count). The Hall–Kier alpha value is -1.73. The van der Waals surface area contributed by atoms with Gasteiger partial charge in [0.2, 0.25) is 0 Å². The van der Waals surface area contributed by atoms with E-state index < -0.39 is 0 Å². The molecular weight excluding hydrogens is 449 g/mol. The number of para-hydroxylation sites is 1. The van der Waals surface area contributed by atoms with Crippen molar-refractivity contribution in [1.82, 2.24) is 4.90 Å². The molecule has 2 aromatic carbocycles. The molecule has 5 heteroatoms. The van der Waals surface area contributed by atoms with E-state index in [-0.39, 0.29) is 5.91 Å². The maximum absolute atomic E-state index is 13.3. The summed E-state index contributed by atoms with van der Waals surface area (Å²) in [6, 6.07) is 14.1. The van der Waals surface area contributed by atoms with Crippen molar-refractivity contribution in [3.05, 3.63) is 57.2 Å². The van der Waals surface area contributed by atoms with Gasteiger partial charge in [-0.1, -0.05) is 25.1 Å². The first-order valence-electron chi connectivity index (χ1n) is 9.51. The van der Waals surface area contributed by atoms with Gasteiger partial charge in [-0.2, -0.15) is 0 Å². The van der Waals surface area contributed by atoms with E-state index in [0.717, 1.165) is 41.5 Å². The van der Waals surface area contributed by atoms with E-state index in [0.29, 0.717) is 12.4 Å². The van der Waals surface area contributed by atoms with Gasteiger partial charge in [-0.3, -0.25) is 14.6 Å². The zero-order chi connectivity index (χ0) is 19.0. The number of halogens is 1. The van der Waals surface area contributed by atoms with Crippen LogP contribution >= 0.6 is 22.6 Å². The first-order valence-corrected chi connectivity index (χ1v) is 10.6. The minimum Gasteiger partial charge on any atom is -0.293 e. The number of likely N-dealkylation sites (tertiary alicyclic amines) is 1. The lowest BCUT2D eigenvalue weighted by Gasteiger charge is -2.33. The van der Waals surface area contributed by atoms with Crippen molar-refractivity contribution in [3.63, 3.8) is 0 Å².